The predicted molar refractivity (Wildman–Crippen MR) is 70.9 cm³/mol. The van der Waals surface area contributed by atoms with E-state index in [4.69, 9.17) is 0 Å². The maximum atomic E-state index is 11.7. The van der Waals surface area contributed by atoms with Crippen molar-refractivity contribution >= 4 is 27.6 Å². The first-order valence-corrected chi connectivity index (χ1v) is 6.38. The van der Waals surface area contributed by atoms with Crippen LogP contribution in [0.25, 0.3) is 0 Å². The molecule has 0 aliphatic heterocycles. The Bertz CT molecular complexity index is 398. The summed E-state index contributed by atoms with van der Waals surface area (Å²) in [7, 11) is 0. The Hall–Kier alpha value is -1.16. The van der Waals surface area contributed by atoms with Crippen molar-refractivity contribution in [1.29, 1.82) is 0 Å². The third kappa shape index (κ3) is 4.69. The molecule has 0 aliphatic carbocycles. The summed E-state index contributed by atoms with van der Waals surface area (Å²) in [5.41, 5.74) is 0.412. The van der Waals surface area contributed by atoms with E-state index < -0.39 is 11.7 Å². The molecule has 1 amide bonds. The number of carbonyl (C=O) groups is 2. The molecule has 17 heavy (non-hydrogen) atoms. The number of Topliss-reactive ketones (excluding diaryl/α,β-unsaturated/α-hetero) is 1. The molecular formula is C13H16BrNO2. The van der Waals surface area contributed by atoms with Gasteiger partial charge in [0.2, 0.25) is 5.78 Å². The molecule has 1 N–H and O–H groups in total. The van der Waals surface area contributed by atoms with Gasteiger partial charge in [0.1, 0.15) is 0 Å². The van der Waals surface area contributed by atoms with Crippen molar-refractivity contribution in [2.24, 2.45) is 5.92 Å². The van der Waals surface area contributed by atoms with Gasteiger partial charge in [0.05, 0.1) is 0 Å². The molecule has 0 spiro atoms. The van der Waals surface area contributed by atoms with Gasteiger partial charge in [-0.2, -0.15) is 0 Å². The highest BCUT2D eigenvalue weighted by Crippen LogP contribution is 2.10. The number of ketones is 1. The Morgan fingerprint density at radius 3 is 2.35 bits per heavy atom. The zero-order valence-corrected chi connectivity index (χ0v) is 11.6. The van der Waals surface area contributed by atoms with E-state index in [1.165, 1.54) is 0 Å². The lowest BCUT2D eigenvalue weighted by Gasteiger charge is -2.06. The van der Waals surface area contributed by atoms with E-state index in [1.807, 2.05) is 0 Å². The number of halogens is 1. The van der Waals surface area contributed by atoms with Gasteiger partial charge in [0.25, 0.3) is 5.91 Å². The van der Waals surface area contributed by atoms with Crippen molar-refractivity contribution in [2.45, 2.75) is 20.3 Å². The lowest BCUT2D eigenvalue weighted by Crippen LogP contribution is -2.32. The van der Waals surface area contributed by atoms with Crippen LogP contribution >= 0.6 is 15.9 Å². The lowest BCUT2D eigenvalue weighted by atomic mass is 10.1. The maximum absolute atomic E-state index is 11.7. The fourth-order valence-corrected chi connectivity index (χ4v) is 1.55. The molecule has 1 aromatic carbocycles. The molecule has 0 saturated carbocycles. The Morgan fingerprint density at radius 2 is 1.82 bits per heavy atom. The molecule has 92 valence electrons. The number of hydrogen-bond acceptors (Lipinski definition) is 2. The third-order valence-electron chi connectivity index (χ3n) is 2.32. The molecular weight excluding hydrogens is 282 g/mol. The second kappa shape index (κ2) is 6.55. The quantitative estimate of drug-likeness (QED) is 0.671. The van der Waals surface area contributed by atoms with Crippen LogP contribution in [0.5, 0.6) is 0 Å². The Labute approximate surface area is 110 Å². The van der Waals surface area contributed by atoms with E-state index in [1.54, 1.807) is 24.3 Å². The van der Waals surface area contributed by atoms with Gasteiger partial charge < -0.3 is 5.32 Å². The van der Waals surface area contributed by atoms with Crippen molar-refractivity contribution in [3.63, 3.8) is 0 Å². The summed E-state index contributed by atoms with van der Waals surface area (Å²) in [6.07, 6.45) is 0.874. The van der Waals surface area contributed by atoms with Crippen LogP contribution < -0.4 is 5.32 Å². The molecule has 0 fully saturated rings. The van der Waals surface area contributed by atoms with Crippen molar-refractivity contribution in [1.82, 2.24) is 5.32 Å². The molecule has 4 heteroatoms. The molecule has 0 bridgehead atoms. The molecule has 1 aromatic rings. The van der Waals surface area contributed by atoms with Gasteiger partial charge in [0.15, 0.2) is 0 Å². The second-order valence-corrected chi connectivity index (χ2v) is 5.19. The van der Waals surface area contributed by atoms with Crippen molar-refractivity contribution in [3.8, 4) is 0 Å². The zero-order valence-electron chi connectivity index (χ0n) is 10.00. The first-order chi connectivity index (χ1) is 8.00. The molecule has 0 heterocycles. The average molecular weight is 298 g/mol. The Kier molecular flexibility index (Phi) is 5.35. The number of nitrogens with one attached hydrogen (secondary N) is 1. The molecule has 0 aliphatic rings. The average Bonchev–Trinajstić information content (AvgIpc) is 2.28. The molecule has 1 rings (SSSR count). The van der Waals surface area contributed by atoms with E-state index >= 15 is 0 Å². The highest BCUT2D eigenvalue weighted by Gasteiger charge is 2.15. The minimum Gasteiger partial charge on any atom is -0.349 e. The molecule has 0 saturated heterocycles. The fourth-order valence-electron chi connectivity index (χ4n) is 1.29. The molecule has 3 nitrogen and oxygen atoms in total. The van der Waals surface area contributed by atoms with Gasteiger partial charge in [-0.25, -0.2) is 0 Å². The smallest absolute Gasteiger partial charge is 0.292 e. The van der Waals surface area contributed by atoms with Crippen LogP contribution in [-0.2, 0) is 4.79 Å². The van der Waals surface area contributed by atoms with E-state index in [0.717, 1.165) is 10.9 Å². The van der Waals surface area contributed by atoms with Crippen LogP contribution in [0.2, 0.25) is 0 Å². The number of carbonyl (C=O) groups excluding carboxylic acids is 2. The van der Waals surface area contributed by atoms with Crippen LogP contribution in [0.3, 0.4) is 0 Å². The molecule has 0 unspecified atom stereocenters. The molecule has 0 radical (unpaired) electrons. The minimum atomic E-state index is -0.534. The van der Waals surface area contributed by atoms with E-state index in [2.05, 4.69) is 35.1 Å². The van der Waals surface area contributed by atoms with Crippen LogP contribution in [0.15, 0.2) is 28.7 Å². The summed E-state index contributed by atoms with van der Waals surface area (Å²) in [6, 6.07) is 6.76. The van der Waals surface area contributed by atoms with E-state index in [0.29, 0.717) is 18.0 Å². The van der Waals surface area contributed by atoms with Crippen molar-refractivity contribution in [3.05, 3.63) is 34.3 Å². The van der Waals surface area contributed by atoms with Gasteiger partial charge in [-0.3, -0.25) is 9.59 Å². The zero-order chi connectivity index (χ0) is 12.8. The second-order valence-electron chi connectivity index (χ2n) is 4.27. The SMILES string of the molecule is CC(C)CCNC(=O)C(=O)c1ccc(Br)cc1. The summed E-state index contributed by atoms with van der Waals surface area (Å²) >= 11 is 3.28. The van der Waals surface area contributed by atoms with Crippen molar-refractivity contribution in [2.75, 3.05) is 6.54 Å². The van der Waals surface area contributed by atoms with Gasteiger partial charge in [-0.15, -0.1) is 0 Å². The molecule has 0 aromatic heterocycles. The van der Waals surface area contributed by atoms with Crippen molar-refractivity contribution < 1.29 is 9.59 Å². The Morgan fingerprint density at radius 1 is 1.24 bits per heavy atom. The largest absolute Gasteiger partial charge is 0.349 e. The topological polar surface area (TPSA) is 46.2 Å². The number of amides is 1. The first kappa shape index (κ1) is 13.9. The normalized spacial score (nSPS) is 10.4. The monoisotopic (exact) mass is 297 g/mol. The van der Waals surface area contributed by atoms with Crippen LogP contribution in [0.4, 0.5) is 0 Å². The number of rotatable bonds is 5. The highest BCUT2D eigenvalue weighted by molar-refractivity contribution is 9.10. The summed E-state index contributed by atoms with van der Waals surface area (Å²) in [5.74, 6) is -0.507. The fraction of sp³-hybridized carbons (Fsp3) is 0.385. The summed E-state index contributed by atoms with van der Waals surface area (Å²) in [5, 5.41) is 2.63. The lowest BCUT2D eigenvalue weighted by molar-refractivity contribution is -0.117. The van der Waals surface area contributed by atoms with Gasteiger partial charge >= 0.3 is 0 Å². The van der Waals surface area contributed by atoms with Crippen LogP contribution in [-0.4, -0.2) is 18.2 Å². The standard InChI is InChI=1S/C13H16BrNO2/c1-9(2)7-8-15-13(17)12(16)10-3-5-11(14)6-4-10/h3-6,9H,7-8H2,1-2H3,(H,15,17). The number of hydrogen-bond donors (Lipinski definition) is 1. The summed E-state index contributed by atoms with van der Waals surface area (Å²) < 4.78 is 0.884. The number of benzene rings is 1. The summed E-state index contributed by atoms with van der Waals surface area (Å²) in [4.78, 5) is 23.2. The van der Waals surface area contributed by atoms with Crippen LogP contribution in [0, 0.1) is 5.92 Å². The first-order valence-electron chi connectivity index (χ1n) is 5.59. The van der Waals surface area contributed by atoms with E-state index in [-0.39, 0.29) is 0 Å². The summed E-state index contributed by atoms with van der Waals surface area (Å²) in [6.45, 7) is 4.68. The van der Waals surface area contributed by atoms with Gasteiger partial charge in [0, 0.05) is 16.6 Å². The van der Waals surface area contributed by atoms with Gasteiger partial charge in [-0.05, 0) is 36.6 Å². The van der Waals surface area contributed by atoms with Gasteiger partial charge in [-0.1, -0.05) is 29.8 Å². The highest BCUT2D eigenvalue weighted by atomic mass is 79.9. The predicted octanol–water partition coefficient (Wildman–Crippen LogP) is 2.79. The molecule has 0 atom stereocenters. The van der Waals surface area contributed by atoms with E-state index in [9.17, 15) is 9.59 Å². The minimum absolute atomic E-state index is 0.412. The third-order valence-corrected chi connectivity index (χ3v) is 2.85. The van der Waals surface area contributed by atoms with Crippen LogP contribution in [0.1, 0.15) is 30.6 Å². The maximum Gasteiger partial charge on any atom is 0.292 e. The Balaban J connectivity index is 2.52.